The molecule has 0 radical (unpaired) electrons. The normalized spacial score (nSPS) is 11.4. The van der Waals surface area contributed by atoms with Crippen LogP contribution >= 0.6 is 12.8 Å². The lowest BCUT2D eigenvalue weighted by Crippen LogP contribution is -2.03. The van der Waals surface area contributed by atoms with Gasteiger partial charge in [0.15, 0.2) is 0 Å². The molecule has 50 valence electrons. The summed E-state index contributed by atoms with van der Waals surface area (Å²) in [5, 5.41) is 0. The van der Waals surface area contributed by atoms with Gasteiger partial charge >= 0.3 is 0 Å². The van der Waals surface area contributed by atoms with E-state index in [4.69, 9.17) is 0 Å². The molecular formula is C4H11NOS2. The number of hydrogen-bond acceptors (Lipinski definition) is 2. The molecule has 0 aliphatic heterocycles. The van der Waals surface area contributed by atoms with Crippen molar-refractivity contribution >= 4 is 22.5 Å². The average Bonchev–Trinajstić information content (AvgIpc) is 1.87. The fraction of sp³-hybridized carbons (Fsp3) is 1.00. The van der Waals surface area contributed by atoms with E-state index in [2.05, 4.69) is 16.6 Å². The van der Waals surface area contributed by atoms with Crippen molar-refractivity contribution in [2.45, 2.75) is 13.8 Å². The van der Waals surface area contributed by atoms with Gasteiger partial charge in [-0.2, -0.15) is 3.77 Å². The minimum atomic E-state index is -1.91. The summed E-state index contributed by atoms with van der Waals surface area (Å²) in [6, 6.07) is 0. The Bertz CT molecular complexity index is 147. The van der Waals surface area contributed by atoms with E-state index in [-0.39, 0.29) is 0 Å². The summed E-state index contributed by atoms with van der Waals surface area (Å²) < 4.78 is 14.5. The summed E-state index contributed by atoms with van der Waals surface area (Å²) in [7, 11) is -1.91. The van der Waals surface area contributed by atoms with Crippen molar-refractivity contribution in [2.75, 3.05) is 11.5 Å². The van der Waals surface area contributed by atoms with E-state index >= 15 is 0 Å². The van der Waals surface area contributed by atoms with Crippen molar-refractivity contribution < 1.29 is 4.21 Å². The Labute approximate surface area is 56.4 Å². The van der Waals surface area contributed by atoms with Crippen molar-refractivity contribution in [1.82, 2.24) is 0 Å². The van der Waals surface area contributed by atoms with Gasteiger partial charge in [0.1, 0.15) is 0 Å². The SMILES string of the molecule is CCS(=O)(CC)=NS. The van der Waals surface area contributed by atoms with Gasteiger partial charge in [-0.05, 0) is 12.8 Å². The quantitative estimate of drug-likeness (QED) is 0.596. The first kappa shape index (κ1) is 8.30. The van der Waals surface area contributed by atoms with Crippen molar-refractivity contribution in [2.24, 2.45) is 3.77 Å². The molecule has 0 heterocycles. The Kier molecular flexibility index (Phi) is 3.48. The zero-order chi connectivity index (χ0) is 6.62. The zero-order valence-corrected chi connectivity index (χ0v) is 6.84. The molecule has 0 bridgehead atoms. The third-order valence-electron chi connectivity index (χ3n) is 1.05. The molecule has 8 heavy (non-hydrogen) atoms. The summed E-state index contributed by atoms with van der Waals surface area (Å²) in [5.74, 6) is 1.21. The zero-order valence-electron chi connectivity index (χ0n) is 5.13. The first-order chi connectivity index (χ1) is 3.68. The first-order valence-electron chi connectivity index (χ1n) is 2.54. The summed E-state index contributed by atoms with van der Waals surface area (Å²) in [6.07, 6.45) is 0. The maximum Gasteiger partial charge on any atom is 0.0573 e. The summed E-state index contributed by atoms with van der Waals surface area (Å²) in [4.78, 5) is 0. The molecule has 0 N–H and O–H groups in total. The second kappa shape index (κ2) is 3.35. The van der Waals surface area contributed by atoms with Crippen LogP contribution in [0.4, 0.5) is 0 Å². The Balaban J connectivity index is 4.26. The van der Waals surface area contributed by atoms with Gasteiger partial charge < -0.3 is 0 Å². The van der Waals surface area contributed by atoms with Gasteiger partial charge in [0.2, 0.25) is 0 Å². The molecule has 0 rings (SSSR count). The molecule has 0 saturated heterocycles. The van der Waals surface area contributed by atoms with Crippen LogP contribution in [0.3, 0.4) is 0 Å². The fourth-order valence-electron chi connectivity index (χ4n) is 0.320. The molecule has 0 aromatic rings. The largest absolute Gasteiger partial charge is 0.249 e. The first-order valence-corrected chi connectivity index (χ1v) is 4.79. The monoisotopic (exact) mass is 153 g/mol. The standard InChI is InChI=1S/C4H11NOS2/c1-3-8(6,4-2)5-7/h7H,3-4H2,1-2H3. The van der Waals surface area contributed by atoms with Crippen molar-refractivity contribution in [3.8, 4) is 0 Å². The van der Waals surface area contributed by atoms with Crippen molar-refractivity contribution in [1.29, 1.82) is 0 Å². The second-order valence-corrected chi connectivity index (χ2v) is 4.78. The highest BCUT2D eigenvalue weighted by molar-refractivity contribution is 7.99. The molecule has 0 atom stereocenters. The molecule has 0 unspecified atom stereocenters. The van der Waals surface area contributed by atoms with Crippen LogP contribution in [0.15, 0.2) is 3.77 Å². The Morgan fingerprint density at radius 1 is 1.50 bits per heavy atom. The lowest BCUT2D eigenvalue weighted by molar-refractivity contribution is 0.679. The average molecular weight is 153 g/mol. The topological polar surface area (TPSA) is 29.4 Å². The highest BCUT2D eigenvalue weighted by Gasteiger charge is 1.97. The molecule has 0 aromatic carbocycles. The summed E-state index contributed by atoms with van der Waals surface area (Å²) in [6.45, 7) is 3.71. The van der Waals surface area contributed by atoms with Gasteiger partial charge in [0.25, 0.3) is 0 Å². The van der Waals surface area contributed by atoms with Gasteiger partial charge in [-0.15, -0.1) is 0 Å². The molecule has 0 aliphatic carbocycles. The van der Waals surface area contributed by atoms with Crippen LogP contribution in [-0.4, -0.2) is 15.7 Å². The maximum atomic E-state index is 11.0. The molecule has 0 aliphatic rings. The predicted molar refractivity (Wildman–Crippen MR) is 40.6 cm³/mol. The Morgan fingerprint density at radius 3 is 1.88 bits per heavy atom. The van der Waals surface area contributed by atoms with E-state index < -0.39 is 9.73 Å². The van der Waals surface area contributed by atoms with E-state index in [1.165, 1.54) is 0 Å². The van der Waals surface area contributed by atoms with Gasteiger partial charge in [0.05, 0.1) is 9.73 Å². The van der Waals surface area contributed by atoms with Gasteiger partial charge in [-0.25, -0.2) is 4.21 Å². The van der Waals surface area contributed by atoms with E-state index in [0.717, 1.165) is 0 Å². The van der Waals surface area contributed by atoms with E-state index in [0.29, 0.717) is 11.5 Å². The number of hydrogen-bond donors (Lipinski definition) is 1. The lowest BCUT2D eigenvalue weighted by Gasteiger charge is -1.97. The minimum Gasteiger partial charge on any atom is -0.249 e. The molecule has 0 saturated carbocycles. The van der Waals surface area contributed by atoms with Crippen molar-refractivity contribution in [3.63, 3.8) is 0 Å². The van der Waals surface area contributed by atoms with Crippen LogP contribution < -0.4 is 0 Å². The van der Waals surface area contributed by atoms with Gasteiger partial charge in [-0.1, -0.05) is 13.8 Å². The minimum absolute atomic E-state index is 0.604. The Morgan fingerprint density at radius 2 is 1.88 bits per heavy atom. The van der Waals surface area contributed by atoms with E-state index in [1.54, 1.807) is 0 Å². The van der Waals surface area contributed by atoms with E-state index in [1.807, 2.05) is 13.8 Å². The molecule has 0 aromatic heterocycles. The third kappa shape index (κ3) is 2.05. The molecule has 0 spiro atoms. The number of nitrogens with zero attached hydrogens (tertiary/aromatic N) is 1. The van der Waals surface area contributed by atoms with Crippen LogP contribution in [0.2, 0.25) is 0 Å². The van der Waals surface area contributed by atoms with Crippen LogP contribution in [0, 0.1) is 0 Å². The summed E-state index contributed by atoms with van der Waals surface area (Å²) in [5.41, 5.74) is 0. The highest BCUT2D eigenvalue weighted by Crippen LogP contribution is 1.96. The summed E-state index contributed by atoms with van der Waals surface area (Å²) >= 11 is 3.61. The molecule has 0 fully saturated rings. The van der Waals surface area contributed by atoms with E-state index in [9.17, 15) is 4.21 Å². The highest BCUT2D eigenvalue weighted by atomic mass is 32.2. The third-order valence-corrected chi connectivity index (χ3v) is 4.05. The maximum absolute atomic E-state index is 11.0. The van der Waals surface area contributed by atoms with Crippen LogP contribution in [-0.2, 0) is 9.73 Å². The molecule has 2 nitrogen and oxygen atoms in total. The van der Waals surface area contributed by atoms with Crippen LogP contribution in [0.25, 0.3) is 0 Å². The molecular weight excluding hydrogens is 142 g/mol. The number of thiol groups is 1. The second-order valence-electron chi connectivity index (χ2n) is 1.43. The predicted octanol–water partition coefficient (Wildman–Crippen LogP) is 1.34. The fourth-order valence-corrected chi connectivity index (χ4v) is 1.65. The molecule has 4 heteroatoms. The molecule has 0 amide bonds. The van der Waals surface area contributed by atoms with Crippen molar-refractivity contribution in [3.05, 3.63) is 0 Å². The van der Waals surface area contributed by atoms with Gasteiger partial charge in [0, 0.05) is 11.5 Å². The van der Waals surface area contributed by atoms with Crippen LogP contribution in [0.1, 0.15) is 13.8 Å². The van der Waals surface area contributed by atoms with Crippen LogP contribution in [0.5, 0.6) is 0 Å². The Hall–Kier alpha value is 0.300. The number of rotatable bonds is 2. The lowest BCUT2D eigenvalue weighted by atomic mass is 11.0. The smallest absolute Gasteiger partial charge is 0.0573 e. The van der Waals surface area contributed by atoms with Gasteiger partial charge in [-0.3, -0.25) is 0 Å².